The molecular weight excluding hydrogens is 312 g/mol. The van der Waals surface area contributed by atoms with Gasteiger partial charge in [0.2, 0.25) is 0 Å². The number of nitrogens with one attached hydrogen (secondary N) is 2. The first kappa shape index (κ1) is 16.2. The third kappa shape index (κ3) is 4.21. The fourth-order valence-electron chi connectivity index (χ4n) is 2.30. The Kier molecular flexibility index (Phi) is 4.72. The molecule has 1 amide bonds. The molecule has 0 saturated carbocycles. The van der Waals surface area contributed by atoms with Gasteiger partial charge >= 0.3 is 0 Å². The first-order valence-corrected chi connectivity index (χ1v) is 7.75. The van der Waals surface area contributed by atoms with Crippen LogP contribution in [0.1, 0.15) is 21.6 Å². The molecule has 0 bridgehead atoms. The normalized spacial score (nSPS) is 9.92. The van der Waals surface area contributed by atoms with Crippen LogP contribution in [-0.4, -0.2) is 10.9 Å². The smallest absolute Gasteiger partial charge is 0.274 e. The van der Waals surface area contributed by atoms with Crippen molar-refractivity contribution in [3.8, 4) is 6.07 Å². The molecule has 1 aromatic heterocycles. The maximum atomic E-state index is 12.4. The summed E-state index contributed by atoms with van der Waals surface area (Å²) in [5, 5.41) is 15.0. The molecule has 0 fully saturated rings. The zero-order chi connectivity index (χ0) is 17.6. The number of carbonyl (C=O) groups is 1. The van der Waals surface area contributed by atoms with Crippen LogP contribution in [0.25, 0.3) is 0 Å². The van der Waals surface area contributed by atoms with E-state index in [2.05, 4.69) is 21.7 Å². The zero-order valence-electron chi connectivity index (χ0n) is 13.7. The van der Waals surface area contributed by atoms with Crippen LogP contribution in [-0.2, 0) is 0 Å². The molecule has 0 unspecified atom stereocenters. The second-order valence-electron chi connectivity index (χ2n) is 5.57. The second-order valence-corrected chi connectivity index (χ2v) is 5.57. The highest BCUT2D eigenvalue weighted by molar-refractivity contribution is 6.03. The number of benzene rings is 2. The third-order valence-electron chi connectivity index (χ3n) is 3.58. The summed E-state index contributed by atoms with van der Waals surface area (Å²) < 4.78 is 0. The SMILES string of the molecule is Cc1ccc(NC(=O)c2cc(Nc3cccc(C#N)c3)ccn2)cc1. The number of nitriles is 1. The van der Waals surface area contributed by atoms with E-state index in [0.29, 0.717) is 11.3 Å². The van der Waals surface area contributed by atoms with Crippen LogP contribution in [0.5, 0.6) is 0 Å². The van der Waals surface area contributed by atoms with Gasteiger partial charge in [-0.2, -0.15) is 5.26 Å². The Morgan fingerprint density at radius 1 is 1.00 bits per heavy atom. The molecule has 25 heavy (non-hydrogen) atoms. The lowest BCUT2D eigenvalue weighted by molar-refractivity contribution is 0.102. The second kappa shape index (κ2) is 7.28. The van der Waals surface area contributed by atoms with Crippen molar-refractivity contribution < 1.29 is 4.79 Å². The van der Waals surface area contributed by atoms with Gasteiger partial charge in [0.05, 0.1) is 11.6 Å². The summed E-state index contributed by atoms with van der Waals surface area (Å²) in [7, 11) is 0. The standard InChI is InChI=1S/C20H16N4O/c1-14-5-7-16(8-6-14)24-20(25)19-12-18(9-10-22-19)23-17-4-2-3-15(11-17)13-21/h2-12H,1H3,(H,22,23)(H,24,25). The predicted molar refractivity (Wildman–Crippen MR) is 97.8 cm³/mol. The maximum absolute atomic E-state index is 12.4. The molecule has 122 valence electrons. The molecule has 3 aromatic rings. The van der Waals surface area contributed by atoms with Gasteiger partial charge < -0.3 is 10.6 Å². The first-order chi connectivity index (χ1) is 12.1. The van der Waals surface area contributed by atoms with Crippen molar-refractivity contribution in [2.75, 3.05) is 10.6 Å². The summed E-state index contributed by atoms with van der Waals surface area (Å²) in [4.78, 5) is 16.5. The van der Waals surface area contributed by atoms with Gasteiger partial charge in [-0.3, -0.25) is 9.78 Å². The first-order valence-electron chi connectivity index (χ1n) is 7.75. The molecule has 1 heterocycles. The Morgan fingerprint density at radius 2 is 1.76 bits per heavy atom. The van der Waals surface area contributed by atoms with E-state index >= 15 is 0 Å². The largest absolute Gasteiger partial charge is 0.355 e. The molecule has 0 radical (unpaired) electrons. The molecule has 0 aliphatic rings. The van der Waals surface area contributed by atoms with Crippen molar-refractivity contribution in [2.24, 2.45) is 0 Å². The number of carbonyl (C=O) groups excluding carboxylic acids is 1. The van der Waals surface area contributed by atoms with E-state index in [-0.39, 0.29) is 5.91 Å². The highest BCUT2D eigenvalue weighted by Crippen LogP contribution is 2.18. The van der Waals surface area contributed by atoms with Crippen LogP contribution in [0, 0.1) is 18.3 Å². The predicted octanol–water partition coefficient (Wildman–Crippen LogP) is 4.26. The number of amides is 1. The fourth-order valence-corrected chi connectivity index (χ4v) is 2.30. The van der Waals surface area contributed by atoms with Crippen molar-refractivity contribution in [1.82, 2.24) is 4.98 Å². The van der Waals surface area contributed by atoms with Gasteiger partial charge in [-0.25, -0.2) is 0 Å². The number of nitrogens with zero attached hydrogens (tertiary/aromatic N) is 2. The van der Waals surface area contributed by atoms with Gasteiger partial charge in [0.15, 0.2) is 0 Å². The Morgan fingerprint density at radius 3 is 2.52 bits per heavy atom. The van der Waals surface area contributed by atoms with E-state index in [9.17, 15) is 4.79 Å². The third-order valence-corrected chi connectivity index (χ3v) is 3.58. The minimum absolute atomic E-state index is 0.279. The van der Waals surface area contributed by atoms with Crippen molar-refractivity contribution in [3.05, 3.63) is 83.7 Å². The summed E-state index contributed by atoms with van der Waals surface area (Å²) in [5.74, 6) is -0.279. The molecular formula is C20H16N4O. The summed E-state index contributed by atoms with van der Waals surface area (Å²) in [6, 6.07) is 20.2. The average Bonchev–Trinajstić information content (AvgIpc) is 2.64. The van der Waals surface area contributed by atoms with Gasteiger partial charge in [0.25, 0.3) is 5.91 Å². The number of anilines is 3. The quantitative estimate of drug-likeness (QED) is 0.750. The summed E-state index contributed by atoms with van der Waals surface area (Å²) >= 11 is 0. The van der Waals surface area contributed by atoms with Crippen LogP contribution < -0.4 is 10.6 Å². The molecule has 0 spiro atoms. The van der Waals surface area contributed by atoms with Crippen LogP contribution in [0.4, 0.5) is 17.1 Å². The van der Waals surface area contributed by atoms with E-state index in [1.54, 1.807) is 36.5 Å². The van der Waals surface area contributed by atoms with Gasteiger partial charge in [-0.05, 0) is 49.4 Å². The summed E-state index contributed by atoms with van der Waals surface area (Å²) in [6.45, 7) is 1.99. The van der Waals surface area contributed by atoms with Gasteiger partial charge in [0, 0.05) is 23.3 Å². The lowest BCUT2D eigenvalue weighted by Gasteiger charge is -2.09. The molecule has 2 aromatic carbocycles. The molecule has 5 heteroatoms. The number of hydrogen-bond donors (Lipinski definition) is 2. The van der Waals surface area contributed by atoms with E-state index in [0.717, 1.165) is 22.6 Å². The Balaban J connectivity index is 1.75. The molecule has 3 rings (SSSR count). The molecule has 0 saturated heterocycles. The van der Waals surface area contributed by atoms with E-state index in [1.807, 2.05) is 37.3 Å². The monoisotopic (exact) mass is 328 g/mol. The average molecular weight is 328 g/mol. The minimum atomic E-state index is -0.279. The molecule has 0 aliphatic heterocycles. The topological polar surface area (TPSA) is 77.8 Å². The van der Waals surface area contributed by atoms with Crippen LogP contribution >= 0.6 is 0 Å². The van der Waals surface area contributed by atoms with Crippen LogP contribution in [0.3, 0.4) is 0 Å². The van der Waals surface area contributed by atoms with Crippen LogP contribution in [0.2, 0.25) is 0 Å². The summed E-state index contributed by atoms with van der Waals surface area (Å²) in [5.41, 5.74) is 4.21. The van der Waals surface area contributed by atoms with Crippen molar-refractivity contribution in [1.29, 1.82) is 5.26 Å². The number of aromatic nitrogens is 1. The lowest BCUT2D eigenvalue weighted by Crippen LogP contribution is -2.13. The van der Waals surface area contributed by atoms with Gasteiger partial charge in [-0.15, -0.1) is 0 Å². The Labute approximate surface area is 146 Å². The van der Waals surface area contributed by atoms with Gasteiger partial charge in [0.1, 0.15) is 5.69 Å². The van der Waals surface area contributed by atoms with Crippen molar-refractivity contribution in [2.45, 2.75) is 6.92 Å². The van der Waals surface area contributed by atoms with Crippen molar-refractivity contribution in [3.63, 3.8) is 0 Å². The molecule has 2 N–H and O–H groups in total. The Hall–Kier alpha value is -3.65. The van der Waals surface area contributed by atoms with Crippen molar-refractivity contribution >= 4 is 23.0 Å². The van der Waals surface area contributed by atoms with Gasteiger partial charge in [-0.1, -0.05) is 23.8 Å². The molecule has 0 atom stereocenters. The lowest BCUT2D eigenvalue weighted by atomic mass is 10.2. The number of hydrogen-bond acceptors (Lipinski definition) is 4. The highest BCUT2D eigenvalue weighted by atomic mass is 16.1. The van der Waals surface area contributed by atoms with E-state index in [4.69, 9.17) is 5.26 Å². The number of pyridine rings is 1. The Bertz CT molecular complexity index is 942. The van der Waals surface area contributed by atoms with E-state index < -0.39 is 0 Å². The fraction of sp³-hybridized carbons (Fsp3) is 0.0500. The highest BCUT2D eigenvalue weighted by Gasteiger charge is 2.09. The maximum Gasteiger partial charge on any atom is 0.274 e. The van der Waals surface area contributed by atoms with Crippen LogP contribution in [0.15, 0.2) is 66.9 Å². The molecule has 0 aliphatic carbocycles. The number of rotatable bonds is 4. The minimum Gasteiger partial charge on any atom is -0.355 e. The molecule has 5 nitrogen and oxygen atoms in total. The zero-order valence-corrected chi connectivity index (χ0v) is 13.7. The van der Waals surface area contributed by atoms with E-state index in [1.165, 1.54) is 0 Å². The summed E-state index contributed by atoms with van der Waals surface area (Å²) in [6.07, 6.45) is 1.57. The number of aryl methyl sites for hydroxylation is 1.